The van der Waals surface area contributed by atoms with E-state index in [1.807, 2.05) is 6.07 Å². The van der Waals surface area contributed by atoms with E-state index in [0.717, 1.165) is 4.47 Å². The van der Waals surface area contributed by atoms with Gasteiger partial charge in [0.05, 0.1) is 19.4 Å². The van der Waals surface area contributed by atoms with Crippen molar-refractivity contribution >= 4 is 27.7 Å². The van der Waals surface area contributed by atoms with Crippen LogP contribution in [0.3, 0.4) is 0 Å². The number of para-hydroxylation sites is 1. The van der Waals surface area contributed by atoms with Crippen LogP contribution in [-0.4, -0.2) is 28.4 Å². The van der Waals surface area contributed by atoms with E-state index in [4.69, 9.17) is 4.42 Å². The van der Waals surface area contributed by atoms with E-state index in [2.05, 4.69) is 21.2 Å². The average molecular weight is 443 g/mol. The lowest BCUT2D eigenvalue weighted by molar-refractivity contribution is -0.131. The molecule has 0 unspecified atom stereocenters. The molecule has 144 valence electrons. The molecule has 0 bridgehead atoms. The Balaban J connectivity index is 1.69. The van der Waals surface area contributed by atoms with Crippen LogP contribution in [0, 0.1) is 0 Å². The number of hydrogen-bond acceptors (Lipinski definition) is 4. The molecule has 28 heavy (non-hydrogen) atoms. The monoisotopic (exact) mass is 442 g/mol. The van der Waals surface area contributed by atoms with Crippen molar-refractivity contribution in [2.45, 2.75) is 13.1 Å². The summed E-state index contributed by atoms with van der Waals surface area (Å²) in [5, 5.41) is 12.7. The minimum atomic E-state index is -0.338. The number of aromatic hydroxyl groups is 1. The van der Waals surface area contributed by atoms with Gasteiger partial charge in [-0.2, -0.15) is 0 Å². The Morgan fingerprint density at radius 2 is 1.86 bits per heavy atom. The number of furan rings is 1. The Bertz CT molecular complexity index is 957. The summed E-state index contributed by atoms with van der Waals surface area (Å²) in [6, 6.07) is 17.3. The Labute approximate surface area is 170 Å². The topological polar surface area (TPSA) is 82.8 Å². The van der Waals surface area contributed by atoms with Gasteiger partial charge in [0, 0.05) is 22.1 Å². The molecule has 6 nitrogen and oxygen atoms in total. The summed E-state index contributed by atoms with van der Waals surface area (Å²) in [5.74, 6) is 0.0955. The maximum absolute atomic E-state index is 12.8. The fourth-order valence-corrected chi connectivity index (χ4v) is 3.07. The Morgan fingerprint density at radius 1 is 1.04 bits per heavy atom. The second kappa shape index (κ2) is 9.23. The summed E-state index contributed by atoms with van der Waals surface area (Å²) in [6.07, 6.45) is 1.53. The van der Waals surface area contributed by atoms with Crippen molar-refractivity contribution in [3.05, 3.63) is 88.3 Å². The summed E-state index contributed by atoms with van der Waals surface area (Å²) >= 11 is 3.32. The first-order valence-corrected chi connectivity index (χ1v) is 9.43. The van der Waals surface area contributed by atoms with E-state index in [9.17, 15) is 14.7 Å². The van der Waals surface area contributed by atoms with E-state index < -0.39 is 0 Å². The molecular formula is C21H19BrN2O4. The lowest BCUT2D eigenvalue weighted by Crippen LogP contribution is -2.39. The van der Waals surface area contributed by atoms with Crippen molar-refractivity contribution in [3.63, 3.8) is 0 Å². The molecule has 1 aromatic heterocycles. The first-order chi connectivity index (χ1) is 13.5. The van der Waals surface area contributed by atoms with Crippen LogP contribution in [0.5, 0.6) is 5.75 Å². The van der Waals surface area contributed by atoms with E-state index in [1.54, 1.807) is 54.6 Å². The van der Waals surface area contributed by atoms with Crippen LogP contribution >= 0.6 is 15.9 Å². The van der Waals surface area contributed by atoms with Gasteiger partial charge in [-0.15, -0.1) is 0 Å². The van der Waals surface area contributed by atoms with Crippen LogP contribution < -0.4 is 5.32 Å². The Hall–Kier alpha value is -3.06. The molecule has 3 aromatic rings. The second-order valence-corrected chi connectivity index (χ2v) is 7.07. The van der Waals surface area contributed by atoms with Gasteiger partial charge < -0.3 is 19.7 Å². The molecule has 0 fully saturated rings. The van der Waals surface area contributed by atoms with Crippen molar-refractivity contribution in [1.82, 2.24) is 10.2 Å². The number of nitrogens with zero attached hydrogens (tertiary/aromatic N) is 1. The zero-order valence-corrected chi connectivity index (χ0v) is 16.6. The van der Waals surface area contributed by atoms with Crippen molar-refractivity contribution in [2.75, 3.05) is 6.54 Å². The van der Waals surface area contributed by atoms with Crippen LogP contribution in [-0.2, 0) is 17.9 Å². The van der Waals surface area contributed by atoms with Crippen LogP contribution in [0.15, 0.2) is 75.8 Å². The number of nitrogens with one attached hydrogen (secondary N) is 1. The molecule has 3 rings (SSSR count). The maximum atomic E-state index is 12.8. The first kappa shape index (κ1) is 19.7. The smallest absolute Gasteiger partial charge is 0.251 e. The van der Waals surface area contributed by atoms with Crippen LogP contribution in [0.25, 0.3) is 0 Å². The third kappa shape index (κ3) is 5.23. The highest BCUT2D eigenvalue weighted by Gasteiger charge is 2.18. The number of rotatable bonds is 7. The highest BCUT2D eigenvalue weighted by molar-refractivity contribution is 9.10. The fourth-order valence-electron chi connectivity index (χ4n) is 2.67. The summed E-state index contributed by atoms with van der Waals surface area (Å²) in [4.78, 5) is 26.6. The minimum absolute atomic E-state index is 0.109. The quantitative estimate of drug-likeness (QED) is 0.584. The Kier molecular flexibility index (Phi) is 6.49. The lowest BCUT2D eigenvalue weighted by atomic mass is 10.2. The molecule has 0 aliphatic carbocycles. The number of hydrogen-bond donors (Lipinski definition) is 2. The Morgan fingerprint density at radius 3 is 2.57 bits per heavy atom. The summed E-state index contributed by atoms with van der Waals surface area (Å²) < 4.78 is 6.12. The van der Waals surface area contributed by atoms with Crippen molar-refractivity contribution in [2.24, 2.45) is 0 Å². The predicted octanol–water partition coefficient (Wildman–Crippen LogP) is 3.71. The zero-order chi connectivity index (χ0) is 19.9. The summed E-state index contributed by atoms with van der Waals surface area (Å²) in [7, 11) is 0. The van der Waals surface area contributed by atoms with E-state index in [0.29, 0.717) is 16.9 Å². The van der Waals surface area contributed by atoms with Crippen molar-refractivity contribution < 1.29 is 19.1 Å². The van der Waals surface area contributed by atoms with Gasteiger partial charge in [0.15, 0.2) is 0 Å². The third-order valence-corrected chi connectivity index (χ3v) is 4.61. The molecule has 0 saturated carbocycles. The van der Waals surface area contributed by atoms with Crippen LogP contribution in [0.1, 0.15) is 21.7 Å². The maximum Gasteiger partial charge on any atom is 0.251 e. The molecule has 2 amide bonds. The molecule has 0 aliphatic rings. The van der Waals surface area contributed by atoms with Gasteiger partial charge in [-0.25, -0.2) is 0 Å². The van der Waals surface area contributed by atoms with Gasteiger partial charge in [-0.1, -0.05) is 40.2 Å². The molecule has 0 radical (unpaired) electrons. The second-order valence-electron chi connectivity index (χ2n) is 6.15. The minimum Gasteiger partial charge on any atom is -0.508 e. The van der Waals surface area contributed by atoms with Gasteiger partial charge in [-0.05, 0) is 36.4 Å². The van der Waals surface area contributed by atoms with Gasteiger partial charge in [0.25, 0.3) is 5.91 Å². The molecule has 0 aliphatic heterocycles. The third-order valence-electron chi connectivity index (χ3n) is 4.12. The highest BCUT2D eigenvalue weighted by Crippen LogP contribution is 2.19. The van der Waals surface area contributed by atoms with Crippen LogP contribution in [0.4, 0.5) is 0 Å². The molecular weight excluding hydrogens is 424 g/mol. The number of halogens is 1. The van der Waals surface area contributed by atoms with Gasteiger partial charge >= 0.3 is 0 Å². The lowest BCUT2D eigenvalue weighted by Gasteiger charge is -2.22. The van der Waals surface area contributed by atoms with Crippen molar-refractivity contribution in [1.29, 1.82) is 0 Å². The predicted molar refractivity (Wildman–Crippen MR) is 108 cm³/mol. The summed E-state index contributed by atoms with van der Waals surface area (Å²) in [5.41, 5.74) is 1.07. The zero-order valence-electron chi connectivity index (χ0n) is 15.0. The van der Waals surface area contributed by atoms with E-state index >= 15 is 0 Å². The SMILES string of the molecule is O=C(NCC(=O)N(Cc1ccco1)Cc1ccccc1O)c1cccc(Br)c1. The number of phenols is 1. The van der Waals surface area contributed by atoms with Crippen LogP contribution in [0.2, 0.25) is 0 Å². The normalized spacial score (nSPS) is 10.5. The fraction of sp³-hybridized carbons (Fsp3) is 0.143. The number of amides is 2. The number of phenolic OH excluding ortho intramolecular Hbond substituents is 1. The first-order valence-electron chi connectivity index (χ1n) is 8.63. The average Bonchev–Trinajstić information content (AvgIpc) is 3.20. The molecule has 0 saturated heterocycles. The van der Waals surface area contributed by atoms with Gasteiger partial charge in [-0.3, -0.25) is 9.59 Å². The number of carbonyl (C=O) groups is 2. The largest absolute Gasteiger partial charge is 0.508 e. The van der Waals surface area contributed by atoms with E-state index in [-0.39, 0.29) is 37.2 Å². The summed E-state index contributed by atoms with van der Waals surface area (Å²) in [6.45, 7) is 0.255. The molecule has 7 heteroatoms. The molecule has 0 spiro atoms. The molecule has 0 atom stereocenters. The number of carbonyl (C=O) groups excluding carboxylic acids is 2. The van der Waals surface area contributed by atoms with Crippen molar-refractivity contribution in [3.8, 4) is 5.75 Å². The van der Waals surface area contributed by atoms with E-state index in [1.165, 1.54) is 11.2 Å². The molecule has 2 aromatic carbocycles. The molecule has 1 heterocycles. The van der Waals surface area contributed by atoms with Gasteiger partial charge in [0.2, 0.25) is 5.91 Å². The number of benzene rings is 2. The standard InChI is InChI=1S/C21H19BrN2O4/c22-17-7-3-6-15(11-17)21(27)23-12-20(26)24(14-18-8-4-10-28-18)13-16-5-1-2-9-19(16)25/h1-11,25H,12-14H2,(H,23,27). The highest BCUT2D eigenvalue weighted by atomic mass is 79.9. The van der Waals surface area contributed by atoms with Gasteiger partial charge in [0.1, 0.15) is 11.5 Å². The molecule has 2 N–H and O–H groups in total.